The van der Waals surface area contributed by atoms with Gasteiger partial charge in [0.25, 0.3) is 5.91 Å². The van der Waals surface area contributed by atoms with Gasteiger partial charge >= 0.3 is 5.97 Å². The molecule has 0 unspecified atom stereocenters. The molecule has 6 nitrogen and oxygen atoms in total. The smallest absolute Gasteiger partial charge is 0.326 e. The monoisotopic (exact) mass is 279 g/mol. The number of hydrogen-bond donors (Lipinski definition) is 1. The molecule has 2 rings (SSSR count). The van der Waals surface area contributed by atoms with Crippen molar-refractivity contribution in [3.8, 4) is 11.5 Å². The minimum absolute atomic E-state index is 0.325. The van der Waals surface area contributed by atoms with E-state index in [1.807, 2.05) is 0 Å². The lowest BCUT2D eigenvalue weighted by molar-refractivity contribution is -0.141. The molecule has 0 aromatic heterocycles. The number of hydrogen-bond acceptors (Lipinski definition) is 4. The van der Waals surface area contributed by atoms with Gasteiger partial charge in [-0.2, -0.15) is 0 Å². The Balaban J connectivity index is 2.31. The van der Waals surface area contributed by atoms with Gasteiger partial charge in [0, 0.05) is 12.6 Å². The molecule has 1 aliphatic heterocycles. The van der Waals surface area contributed by atoms with E-state index in [4.69, 9.17) is 14.6 Å². The van der Waals surface area contributed by atoms with Crippen LogP contribution < -0.4 is 9.47 Å². The van der Waals surface area contributed by atoms with Crippen molar-refractivity contribution < 1.29 is 24.2 Å². The number of rotatable bonds is 4. The van der Waals surface area contributed by atoms with E-state index in [0.717, 1.165) is 0 Å². The van der Waals surface area contributed by atoms with Gasteiger partial charge in [0.15, 0.2) is 0 Å². The Hall–Kier alpha value is -2.24. The zero-order valence-electron chi connectivity index (χ0n) is 11.5. The van der Waals surface area contributed by atoms with Crippen LogP contribution in [0.15, 0.2) is 18.2 Å². The summed E-state index contributed by atoms with van der Waals surface area (Å²) in [6.45, 7) is 0.449. The number of amides is 1. The first-order valence-electron chi connectivity index (χ1n) is 6.34. The Morgan fingerprint density at radius 2 is 2.05 bits per heavy atom. The summed E-state index contributed by atoms with van der Waals surface area (Å²) in [5, 5.41) is 9.14. The molecule has 1 fully saturated rings. The number of carbonyl (C=O) groups is 2. The highest BCUT2D eigenvalue weighted by Gasteiger charge is 2.35. The number of carbonyl (C=O) groups excluding carboxylic acids is 1. The Morgan fingerprint density at radius 3 is 2.65 bits per heavy atom. The number of carboxylic acid groups (broad SMARTS) is 1. The van der Waals surface area contributed by atoms with Crippen molar-refractivity contribution >= 4 is 11.9 Å². The lowest BCUT2D eigenvalue weighted by Crippen LogP contribution is -2.40. The first kappa shape index (κ1) is 14.2. The van der Waals surface area contributed by atoms with Crippen molar-refractivity contribution in [1.29, 1.82) is 0 Å². The van der Waals surface area contributed by atoms with Gasteiger partial charge in [0.05, 0.1) is 19.8 Å². The zero-order chi connectivity index (χ0) is 14.7. The fraction of sp³-hybridized carbons (Fsp3) is 0.429. The fourth-order valence-electron chi connectivity index (χ4n) is 2.40. The molecule has 1 heterocycles. The molecule has 1 aromatic rings. The van der Waals surface area contributed by atoms with Crippen molar-refractivity contribution in [1.82, 2.24) is 4.90 Å². The van der Waals surface area contributed by atoms with Crippen LogP contribution in [0.4, 0.5) is 0 Å². The second-order valence-electron chi connectivity index (χ2n) is 4.56. The fourth-order valence-corrected chi connectivity index (χ4v) is 2.40. The molecule has 0 radical (unpaired) electrons. The van der Waals surface area contributed by atoms with E-state index in [1.54, 1.807) is 18.2 Å². The third kappa shape index (κ3) is 2.54. The van der Waals surface area contributed by atoms with Crippen molar-refractivity contribution in [2.45, 2.75) is 18.9 Å². The van der Waals surface area contributed by atoms with Crippen molar-refractivity contribution in [3.63, 3.8) is 0 Å². The third-order valence-electron chi connectivity index (χ3n) is 3.44. The number of nitrogens with zero attached hydrogens (tertiary/aromatic N) is 1. The van der Waals surface area contributed by atoms with Crippen LogP contribution in [0.1, 0.15) is 23.2 Å². The summed E-state index contributed by atoms with van der Waals surface area (Å²) >= 11 is 0. The van der Waals surface area contributed by atoms with Gasteiger partial charge in [-0.3, -0.25) is 4.79 Å². The van der Waals surface area contributed by atoms with Gasteiger partial charge in [-0.25, -0.2) is 4.79 Å². The summed E-state index contributed by atoms with van der Waals surface area (Å²) in [5.41, 5.74) is 0.349. The molecule has 1 aliphatic rings. The van der Waals surface area contributed by atoms with E-state index in [1.165, 1.54) is 19.1 Å². The molecule has 1 atom stereocenters. The Labute approximate surface area is 116 Å². The van der Waals surface area contributed by atoms with Gasteiger partial charge in [0.1, 0.15) is 17.5 Å². The van der Waals surface area contributed by atoms with E-state index >= 15 is 0 Å². The molecule has 1 aromatic carbocycles. The summed E-state index contributed by atoms with van der Waals surface area (Å²) in [5.74, 6) is -0.335. The topological polar surface area (TPSA) is 76.1 Å². The van der Waals surface area contributed by atoms with Gasteiger partial charge in [-0.1, -0.05) is 0 Å². The largest absolute Gasteiger partial charge is 0.497 e. The summed E-state index contributed by atoms with van der Waals surface area (Å²) in [7, 11) is 2.99. The summed E-state index contributed by atoms with van der Waals surface area (Å²) < 4.78 is 10.3. The standard InChI is InChI=1S/C14H17NO5/c1-19-9-5-6-10(12(8-9)20-2)13(16)15-7-3-4-11(15)14(17)18/h5-6,8,11H,3-4,7H2,1-2H3,(H,17,18)/t11-/m0/s1. The van der Waals surface area contributed by atoms with Gasteiger partial charge in [-0.15, -0.1) is 0 Å². The minimum Gasteiger partial charge on any atom is -0.497 e. The molecule has 6 heteroatoms. The van der Waals surface area contributed by atoms with Crippen LogP contribution in [0.25, 0.3) is 0 Å². The van der Waals surface area contributed by atoms with Gasteiger partial charge in [-0.05, 0) is 25.0 Å². The Kier molecular flexibility index (Phi) is 4.12. The Bertz CT molecular complexity index is 528. The highest BCUT2D eigenvalue weighted by atomic mass is 16.5. The predicted molar refractivity (Wildman–Crippen MR) is 71.2 cm³/mol. The maximum Gasteiger partial charge on any atom is 0.326 e. The number of methoxy groups -OCH3 is 2. The number of aliphatic carboxylic acids is 1. The summed E-state index contributed by atoms with van der Waals surface area (Å²) in [6.07, 6.45) is 1.18. The molecule has 1 N–H and O–H groups in total. The van der Waals surface area contributed by atoms with Crippen molar-refractivity contribution in [2.24, 2.45) is 0 Å². The van der Waals surface area contributed by atoms with Crippen LogP contribution in [0.5, 0.6) is 11.5 Å². The maximum atomic E-state index is 12.5. The average Bonchev–Trinajstić information content (AvgIpc) is 2.95. The van der Waals surface area contributed by atoms with E-state index < -0.39 is 12.0 Å². The van der Waals surface area contributed by atoms with Crippen LogP contribution in [0, 0.1) is 0 Å². The Morgan fingerprint density at radius 1 is 1.30 bits per heavy atom. The molecular weight excluding hydrogens is 262 g/mol. The summed E-state index contributed by atoms with van der Waals surface area (Å²) in [6, 6.07) is 4.10. The summed E-state index contributed by atoms with van der Waals surface area (Å²) in [4.78, 5) is 25.0. The van der Waals surface area contributed by atoms with E-state index in [2.05, 4.69) is 0 Å². The second kappa shape index (κ2) is 5.81. The molecule has 0 saturated carbocycles. The molecule has 0 spiro atoms. The normalized spacial score (nSPS) is 17.9. The van der Waals surface area contributed by atoms with Crippen LogP contribution >= 0.6 is 0 Å². The van der Waals surface area contributed by atoms with Crippen LogP contribution in [0.2, 0.25) is 0 Å². The minimum atomic E-state index is -0.969. The average molecular weight is 279 g/mol. The number of likely N-dealkylation sites (tertiary alicyclic amines) is 1. The van der Waals surface area contributed by atoms with Gasteiger partial charge in [0.2, 0.25) is 0 Å². The third-order valence-corrected chi connectivity index (χ3v) is 3.44. The van der Waals surface area contributed by atoms with E-state index in [0.29, 0.717) is 36.4 Å². The first-order valence-corrected chi connectivity index (χ1v) is 6.34. The number of ether oxygens (including phenoxy) is 2. The van der Waals surface area contributed by atoms with Crippen LogP contribution in [-0.2, 0) is 4.79 Å². The number of carboxylic acids is 1. The lowest BCUT2D eigenvalue weighted by Gasteiger charge is -2.22. The zero-order valence-corrected chi connectivity index (χ0v) is 11.5. The van der Waals surface area contributed by atoms with Crippen molar-refractivity contribution in [3.05, 3.63) is 23.8 Å². The predicted octanol–water partition coefficient (Wildman–Crippen LogP) is 1.39. The molecule has 1 amide bonds. The van der Waals surface area contributed by atoms with Crippen LogP contribution in [0.3, 0.4) is 0 Å². The highest BCUT2D eigenvalue weighted by Crippen LogP contribution is 2.28. The maximum absolute atomic E-state index is 12.5. The van der Waals surface area contributed by atoms with Gasteiger partial charge < -0.3 is 19.5 Å². The van der Waals surface area contributed by atoms with Crippen LogP contribution in [-0.4, -0.2) is 48.7 Å². The first-order chi connectivity index (χ1) is 9.58. The molecular formula is C14H17NO5. The highest BCUT2D eigenvalue weighted by molar-refractivity contribution is 5.99. The SMILES string of the molecule is COc1ccc(C(=O)N2CCC[C@H]2C(=O)O)c(OC)c1. The molecule has 0 aliphatic carbocycles. The molecule has 20 heavy (non-hydrogen) atoms. The van der Waals surface area contributed by atoms with E-state index in [9.17, 15) is 9.59 Å². The molecule has 0 bridgehead atoms. The van der Waals surface area contributed by atoms with E-state index in [-0.39, 0.29) is 5.91 Å². The lowest BCUT2D eigenvalue weighted by atomic mass is 10.1. The molecule has 1 saturated heterocycles. The van der Waals surface area contributed by atoms with Crippen molar-refractivity contribution in [2.75, 3.05) is 20.8 Å². The molecule has 108 valence electrons. The second-order valence-corrected chi connectivity index (χ2v) is 4.56. The number of benzene rings is 1. The quantitative estimate of drug-likeness (QED) is 0.901.